The highest BCUT2D eigenvalue weighted by atomic mass is 32.2. The Labute approximate surface area is 230 Å². The number of β-amino-alcohol motifs (C(OH)–C–C–N with tert-alkyl or cyclic N) is 1. The molecule has 6 rings (SSSR count). The second kappa shape index (κ2) is 9.98. The number of benzene rings is 2. The van der Waals surface area contributed by atoms with E-state index < -0.39 is 21.5 Å². The van der Waals surface area contributed by atoms with E-state index in [0.29, 0.717) is 68.7 Å². The lowest BCUT2D eigenvalue weighted by Crippen LogP contribution is -2.50. The highest BCUT2D eigenvalue weighted by Gasteiger charge is 2.29. The van der Waals surface area contributed by atoms with E-state index in [9.17, 15) is 23.1 Å². The maximum Gasteiger partial charge on any atom is 0.281 e. The fourth-order valence-electron chi connectivity index (χ4n) is 5.60. The van der Waals surface area contributed by atoms with Crippen LogP contribution in [0.1, 0.15) is 17.5 Å². The van der Waals surface area contributed by atoms with Gasteiger partial charge in [0.2, 0.25) is 20.8 Å². The minimum Gasteiger partial charge on any atom is -0.391 e. The first-order valence-corrected chi connectivity index (χ1v) is 14.8. The number of rotatable bonds is 5. The van der Waals surface area contributed by atoms with E-state index in [1.54, 1.807) is 36.1 Å². The zero-order valence-corrected chi connectivity index (χ0v) is 23.2. The largest absolute Gasteiger partial charge is 0.391 e. The summed E-state index contributed by atoms with van der Waals surface area (Å²) in [5.74, 6) is 0.0378. The molecule has 0 saturated carbocycles. The summed E-state index contributed by atoms with van der Waals surface area (Å²) in [4.78, 5) is 35.7. The van der Waals surface area contributed by atoms with Crippen LogP contribution in [0.25, 0.3) is 16.6 Å². The molecule has 4 aromatic rings. The molecule has 1 atom stereocenters. The number of aryl methyl sites for hydroxylation is 2. The minimum absolute atomic E-state index is 0.0378. The summed E-state index contributed by atoms with van der Waals surface area (Å²) >= 11 is 0. The van der Waals surface area contributed by atoms with Crippen molar-refractivity contribution in [1.29, 1.82) is 0 Å². The van der Waals surface area contributed by atoms with Gasteiger partial charge in [0.25, 0.3) is 5.56 Å². The van der Waals surface area contributed by atoms with Crippen molar-refractivity contribution in [3.05, 3.63) is 57.9 Å². The molecule has 0 radical (unpaired) electrons. The predicted octanol–water partition coefficient (Wildman–Crippen LogP) is 0.736. The molecule has 40 heavy (non-hydrogen) atoms. The number of carbonyl (C=O) groups is 1. The Kier molecular flexibility index (Phi) is 6.59. The molecule has 2 aliphatic heterocycles. The molecule has 0 spiro atoms. The highest BCUT2D eigenvalue weighted by molar-refractivity contribution is 7.91. The lowest BCUT2D eigenvalue weighted by atomic mass is 10.2. The molecular weight excluding hydrogens is 534 g/mol. The summed E-state index contributed by atoms with van der Waals surface area (Å²) in [7, 11) is -4.04. The predicted molar refractivity (Wildman–Crippen MR) is 148 cm³/mol. The van der Waals surface area contributed by atoms with Gasteiger partial charge in [-0.3, -0.25) is 14.5 Å². The zero-order chi connectivity index (χ0) is 28.2. The van der Waals surface area contributed by atoms with Crippen molar-refractivity contribution in [1.82, 2.24) is 29.6 Å². The Bertz CT molecular complexity index is 1790. The molecule has 0 bridgehead atoms. The van der Waals surface area contributed by atoms with E-state index in [1.807, 2.05) is 19.1 Å². The first-order chi connectivity index (χ1) is 19.1. The second-order valence-corrected chi connectivity index (χ2v) is 12.4. The van der Waals surface area contributed by atoms with E-state index in [0.717, 1.165) is 11.3 Å². The Morgan fingerprint density at radius 2 is 1.85 bits per heavy atom. The van der Waals surface area contributed by atoms with Crippen molar-refractivity contribution in [2.24, 2.45) is 0 Å². The number of nitrogens with zero attached hydrogens (tertiary/aromatic N) is 6. The molecule has 2 aromatic heterocycles. The van der Waals surface area contributed by atoms with Gasteiger partial charge >= 0.3 is 0 Å². The van der Waals surface area contributed by atoms with E-state index >= 15 is 0 Å². The Morgan fingerprint density at radius 3 is 2.55 bits per heavy atom. The topological polar surface area (TPSA) is 144 Å². The number of hydrogen-bond donors (Lipinski definition) is 2. The summed E-state index contributed by atoms with van der Waals surface area (Å²) in [6.45, 7) is 7.68. The van der Waals surface area contributed by atoms with E-state index in [2.05, 4.69) is 25.1 Å². The van der Waals surface area contributed by atoms with Crippen LogP contribution in [-0.2, 0) is 14.6 Å². The van der Waals surface area contributed by atoms with Gasteiger partial charge in [0.15, 0.2) is 5.65 Å². The number of aromatic amines is 1. The standard InChI is InChI=1S/C27H31N7O5S/c1-17-3-6-23(18(2)13-17)40(38,39)27-25-28-26(37)21-5-4-19(14-22(21)34(25)30-29-27)32-11-9-31(10-12-32)16-24(36)33-8-7-20(35)15-33/h3-6,13-14,20,30,35H,7-12,15-16H2,1-2H3. The monoisotopic (exact) mass is 565 g/mol. The van der Waals surface area contributed by atoms with E-state index in [4.69, 9.17) is 0 Å². The van der Waals surface area contributed by atoms with Gasteiger partial charge in [0.05, 0.1) is 28.4 Å². The molecule has 1 amide bonds. The van der Waals surface area contributed by atoms with Gasteiger partial charge in [0.1, 0.15) is 0 Å². The number of aliphatic hydroxyl groups is 1. The third-order valence-electron chi connectivity index (χ3n) is 7.80. The van der Waals surface area contributed by atoms with Crippen LogP contribution in [0.15, 0.2) is 51.1 Å². The lowest BCUT2D eigenvalue weighted by molar-refractivity contribution is -0.131. The van der Waals surface area contributed by atoms with Crippen LogP contribution in [0.2, 0.25) is 0 Å². The molecule has 13 heteroatoms. The molecule has 210 valence electrons. The summed E-state index contributed by atoms with van der Waals surface area (Å²) in [6.07, 6.45) is 0.198. The summed E-state index contributed by atoms with van der Waals surface area (Å²) in [5, 5.41) is 16.6. The molecule has 4 heterocycles. The average molecular weight is 566 g/mol. The van der Waals surface area contributed by atoms with Crippen molar-refractivity contribution >= 4 is 38.0 Å². The Hall–Kier alpha value is -3.81. The maximum atomic E-state index is 13.5. The second-order valence-electron chi connectivity index (χ2n) is 10.6. The molecule has 2 saturated heterocycles. The number of sulfone groups is 1. The number of piperazine rings is 1. The molecule has 2 aliphatic rings. The number of fused-ring (bicyclic) bond motifs is 3. The van der Waals surface area contributed by atoms with Crippen molar-refractivity contribution in [3.8, 4) is 0 Å². The first-order valence-electron chi connectivity index (χ1n) is 13.3. The van der Waals surface area contributed by atoms with Gasteiger partial charge in [-0.1, -0.05) is 17.7 Å². The van der Waals surface area contributed by atoms with Crippen LogP contribution in [0, 0.1) is 13.8 Å². The fourth-order valence-corrected chi connectivity index (χ4v) is 7.08. The fraction of sp³-hybridized carbons (Fsp3) is 0.407. The maximum absolute atomic E-state index is 13.5. The molecule has 1 unspecified atom stereocenters. The van der Waals surface area contributed by atoms with E-state index in [-0.39, 0.29) is 21.5 Å². The average Bonchev–Trinajstić information content (AvgIpc) is 3.56. The number of likely N-dealkylation sites (tertiary alicyclic amines) is 1. The number of nitrogens with one attached hydrogen (secondary N) is 1. The highest BCUT2D eigenvalue weighted by Crippen LogP contribution is 2.27. The van der Waals surface area contributed by atoms with Crippen LogP contribution in [0.5, 0.6) is 0 Å². The van der Waals surface area contributed by atoms with Crippen molar-refractivity contribution in [3.63, 3.8) is 0 Å². The molecule has 2 N–H and O–H groups in total. The molecule has 2 fully saturated rings. The summed E-state index contributed by atoms with van der Waals surface area (Å²) in [5.41, 5.74) is 2.29. The van der Waals surface area contributed by atoms with Gasteiger partial charge in [0, 0.05) is 45.0 Å². The van der Waals surface area contributed by atoms with Gasteiger partial charge in [-0.2, -0.15) is 4.98 Å². The molecule has 2 aromatic carbocycles. The third-order valence-corrected chi connectivity index (χ3v) is 9.62. The number of hydrogen-bond acceptors (Lipinski definition) is 9. The molecular formula is C27H31N7O5S. The molecule has 12 nitrogen and oxygen atoms in total. The summed E-state index contributed by atoms with van der Waals surface area (Å²) < 4.78 is 28.5. The number of H-pyrrole nitrogens is 1. The van der Waals surface area contributed by atoms with Crippen LogP contribution < -0.4 is 10.5 Å². The van der Waals surface area contributed by atoms with Crippen molar-refractivity contribution in [2.75, 3.05) is 50.7 Å². The third kappa shape index (κ3) is 4.63. The number of aromatic nitrogens is 4. The first kappa shape index (κ1) is 26.4. The van der Waals surface area contributed by atoms with Gasteiger partial charge < -0.3 is 14.9 Å². The Morgan fingerprint density at radius 1 is 1.07 bits per heavy atom. The van der Waals surface area contributed by atoms with Gasteiger partial charge in [-0.25, -0.2) is 18.1 Å². The molecule has 0 aliphatic carbocycles. The number of carbonyl (C=O) groups excluding carboxylic acids is 1. The van der Waals surface area contributed by atoms with Gasteiger partial charge in [-0.15, -0.1) is 5.10 Å². The number of anilines is 1. The van der Waals surface area contributed by atoms with Crippen molar-refractivity contribution < 1.29 is 18.3 Å². The van der Waals surface area contributed by atoms with Crippen LogP contribution >= 0.6 is 0 Å². The van der Waals surface area contributed by atoms with Crippen LogP contribution in [-0.4, -0.2) is 101 Å². The Balaban J connectivity index is 1.27. The lowest BCUT2D eigenvalue weighted by Gasteiger charge is -2.36. The minimum atomic E-state index is -4.04. The van der Waals surface area contributed by atoms with Crippen LogP contribution in [0.3, 0.4) is 0 Å². The normalized spacial score (nSPS) is 18.7. The smallest absolute Gasteiger partial charge is 0.281 e. The SMILES string of the molecule is Cc1ccc(S(=O)(=O)c2n[nH]n3c2nc(=O)c2ccc(N4CCN(CC(=O)N5CCC(O)C5)CC4)cc23)c(C)c1. The van der Waals surface area contributed by atoms with Crippen LogP contribution in [0.4, 0.5) is 5.69 Å². The number of amides is 1. The van der Waals surface area contributed by atoms with Gasteiger partial charge in [-0.05, 0) is 50.1 Å². The number of aliphatic hydroxyl groups excluding tert-OH is 1. The van der Waals surface area contributed by atoms with E-state index in [1.165, 1.54) is 4.52 Å². The summed E-state index contributed by atoms with van der Waals surface area (Å²) in [6, 6.07) is 10.4. The van der Waals surface area contributed by atoms with Crippen molar-refractivity contribution in [2.45, 2.75) is 36.3 Å². The zero-order valence-electron chi connectivity index (χ0n) is 22.4. The quantitative estimate of drug-likeness (QED) is 0.358.